The number of ether oxygens (including phenoxy) is 8. The zero-order valence-corrected chi connectivity index (χ0v) is 36.6. The lowest BCUT2D eigenvalue weighted by Gasteiger charge is -2.38. The lowest BCUT2D eigenvalue weighted by molar-refractivity contribution is -0.155. The molecule has 0 aromatic heterocycles. The Labute approximate surface area is 342 Å². The van der Waals surface area contributed by atoms with Crippen LogP contribution in [0.15, 0.2) is 24.3 Å². The standard InChI is InChI=1S/C42H74N4O11/c1-11-53-27-28-54-29-30-55-34-17-15-33(16-18-34)13-12-14-35(38(47)50-8)44-21-19-43-20-22-45(36(39(48)51-9)31-56-41(2,3)4)24-26-46(25-23-44)37(40(49)52-10)32-57-42(5,6)7/h15-18,35-37,43H,11-14,19-32H2,1-10H3. The quantitative estimate of drug-likeness (QED) is 0.104. The van der Waals surface area contributed by atoms with E-state index in [2.05, 4.69) is 10.2 Å². The van der Waals surface area contributed by atoms with E-state index in [1.807, 2.05) is 82.5 Å². The average molecular weight is 811 g/mol. The molecule has 15 heteroatoms. The molecule has 0 aliphatic carbocycles. The monoisotopic (exact) mass is 811 g/mol. The van der Waals surface area contributed by atoms with Gasteiger partial charge < -0.3 is 43.2 Å². The maximum Gasteiger partial charge on any atom is 0.325 e. The highest BCUT2D eigenvalue weighted by Crippen LogP contribution is 2.19. The second-order valence-electron chi connectivity index (χ2n) is 16.0. The van der Waals surface area contributed by atoms with E-state index in [1.165, 1.54) is 21.3 Å². The third-order valence-electron chi connectivity index (χ3n) is 9.53. The van der Waals surface area contributed by atoms with Gasteiger partial charge in [-0.05, 0) is 85.4 Å². The van der Waals surface area contributed by atoms with Crippen molar-refractivity contribution in [2.24, 2.45) is 0 Å². The molecule has 1 fully saturated rings. The topological polar surface area (TPSA) is 147 Å². The number of carbonyl (C=O) groups excluding carboxylic acids is 3. The van der Waals surface area contributed by atoms with Crippen LogP contribution >= 0.6 is 0 Å². The molecule has 1 N–H and O–H groups in total. The molecule has 2 rings (SSSR count). The maximum atomic E-state index is 13.4. The first-order chi connectivity index (χ1) is 27.1. The Morgan fingerprint density at radius 3 is 1.54 bits per heavy atom. The summed E-state index contributed by atoms with van der Waals surface area (Å²) in [5.74, 6) is -0.327. The van der Waals surface area contributed by atoms with Crippen LogP contribution in [0.5, 0.6) is 5.75 Å². The number of aryl methyl sites for hydroxylation is 1. The third kappa shape index (κ3) is 20.6. The van der Waals surface area contributed by atoms with Crippen molar-refractivity contribution < 1.29 is 52.3 Å². The van der Waals surface area contributed by atoms with Gasteiger partial charge in [0, 0.05) is 59.0 Å². The van der Waals surface area contributed by atoms with Crippen LogP contribution in [0, 0.1) is 0 Å². The SMILES string of the molecule is CCOCCOCCOc1ccc(CCCC(C(=O)OC)N2CCNCCN(C(COC(C)(C)C)C(=O)OC)CCN(C(COC(C)(C)C)C(=O)OC)CC2)cc1. The number of esters is 3. The zero-order chi connectivity index (χ0) is 42.3. The van der Waals surface area contributed by atoms with Gasteiger partial charge in [0.1, 0.15) is 30.5 Å². The molecule has 0 saturated carbocycles. The van der Waals surface area contributed by atoms with Crippen molar-refractivity contribution in [2.45, 2.75) is 97.1 Å². The van der Waals surface area contributed by atoms with Gasteiger partial charge >= 0.3 is 17.9 Å². The Balaban J connectivity index is 2.25. The van der Waals surface area contributed by atoms with E-state index in [0.717, 1.165) is 24.2 Å². The Bertz CT molecular complexity index is 1270. The molecule has 0 radical (unpaired) electrons. The molecule has 0 spiro atoms. The van der Waals surface area contributed by atoms with E-state index in [4.69, 9.17) is 37.9 Å². The van der Waals surface area contributed by atoms with E-state index in [1.54, 1.807) is 0 Å². The van der Waals surface area contributed by atoms with Crippen LogP contribution in [0.3, 0.4) is 0 Å². The average Bonchev–Trinajstić information content (AvgIpc) is 3.17. The predicted molar refractivity (Wildman–Crippen MR) is 219 cm³/mol. The summed E-state index contributed by atoms with van der Waals surface area (Å²) >= 11 is 0. The number of hydrogen-bond acceptors (Lipinski definition) is 15. The molecule has 1 aromatic carbocycles. The summed E-state index contributed by atoms with van der Waals surface area (Å²) in [4.78, 5) is 46.2. The summed E-state index contributed by atoms with van der Waals surface area (Å²) in [6.07, 6.45) is 2.11. The van der Waals surface area contributed by atoms with Gasteiger partial charge in [0.2, 0.25) is 0 Å². The highest BCUT2D eigenvalue weighted by molar-refractivity contribution is 5.76. The Hall–Kier alpha value is -2.89. The van der Waals surface area contributed by atoms with Crippen molar-refractivity contribution in [1.29, 1.82) is 0 Å². The molecule has 0 bridgehead atoms. The van der Waals surface area contributed by atoms with E-state index in [-0.39, 0.29) is 25.2 Å². The molecule has 1 aliphatic heterocycles. The minimum atomic E-state index is -0.724. The molecule has 1 aromatic rings. The van der Waals surface area contributed by atoms with Gasteiger partial charge in [-0.3, -0.25) is 29.1 Å². The van der Waals surface area contributed by atoms with Gasteiger partial charge in [0.05, 0.1) is 65.6 Å². The summed E-state index contributed by atoms with van der Waals surface area (Å²) in [6.45, 7) is 20.6. The molecule has 1 saturated heterocycles. The first-order valence-electron chi connectivity index (χ1n) is 20.4. The first-order valence-corrected chi connectivity index (χ1v) is 20.4. The van der Waals surface area contributed by atoms with Crippen molar-refractivity contribution in [3.63, 3.8) is 0 Å². The lowest BCUT2D eigenvalue weighted by Crippen LogP contribution is -2.56. The van der Waals surface area contributed by atoms with Crippen LogP contribution in [0.2, 0.25) is 0 Å². The van der Waals surface area contributed by atoms with E-state index >= 15 is 0 Å². The predicted octanol–water partition coefficient (Wildman–Crippen LogP) is 3.21. The van der Waals surface area contributed by atoms with Crippen LogP contribution in [-0.2, 0) is 54.0 Å². The number of methoxy groups -OCH3 is 3. The first kappa shape index (κ1) is 50.3. The highest BCUT2D eigenvalue weighted by Gasteiger charge is 2.34. The van der Waals surface area contributed by atoms with Gasteiger partial charge in [-0.2, -0.15) is 0 Å². The second kappa shape index (κ2) is 27.0. The number of rotatable bonds is 22. The van der Waals surface area contributed by atoms with Crippen LogP contribution in [-0.4, -0.2) is 182 Å². The molecule has 57 heavy (non-hydrogen) atoms. The number of carbonyl (C=O) groups is 3. The summed E-state index contributed by atoms with van der Waals surface area (Å²) < 4.78 is 44.7. The minimum absolute atomic E-state index is 0.109. The lowest BCUT2D eigenvalue weighted by atomic mass is 10.0. The van der Waals surface area contributed by atoms with Crippen LogP contribution in [0.4, 0.5) is 0 Å². The van der Waals surface area contributed by atoms with E-state index < -0.39 is 35.3 Å². The Kier molecular flexibility index (Phi) is 23.8. The molecule has 3 unspecified atom stereocenters. The second-order valence-corrected chi connectivity index (χ2v) is 16.0. The highest BCUT2D eigenvalue weighted by atomic mass is 16.6. The van der Waals surface area contributed by atoms with Crippen LogP contribution < -0.4 is 10.1 Å². The molecule has 1 aliphatic rings. The molecule has 0 amide bonds. The molecular weight excluding hydrogens is 736 g/mol. The summed E-state index contributed by atoms with van der Waals surface area (Å²) in [5.41, 5.74) is 0.190. The van der Waals surface area contributed by atoms with Crippen LogP contribution in [0.25, 0.3) is 0 Å². The minimum Gasteiger partial charge on any atom is -0.491 e. The largest absolute Gasteiger partial charge is 0.491 e. The summed E-state index contributed by atoms with van der Waals surface area (Å²) in [5, 5.41) is 3.51. The van der Waals surface area contributed by atoms with Crippen molar-refractivity contribution in [3.8, 4) is 5.75 Å². The van der Waals surface area contributed by atoms with E-state index in [9.17, 15) is 14.4 Å². The number of hydrogen-bond donors (Lipinski definition) is 1. The summed E-state index contributed by atoms with van der Waals surface area (Å²) in [7, 11) is 4.18. The van der Waals surface area contributed by atoms with Gasteiger partial charge in [-0.15, -0.1) is 0 Å². The molecular formula is C42H74N4O11. The molecule has 3 atom stereocenters. The van der Waals surface area contributed by atoms with Crippen molar-refractivity contribution in [3.05, 3.63) is 29.8 Å². The van der Waals surface area contributed by atoms with Gasteiger partial charge in [-0.25, -0.2) is 0 Å². The third-order valence-corrected chi connectivity index (χ3v) is 9.53. The van der Waals surface area contributed by atoms with Gasteiger partial charge in [0.15, 0.2) is 0 Å². The fourth-order valence-corrected chi connectivity index (χ4v) is 6.35. The number of nitrogens with one attached hydrogen (secondary N) is 1. The van der Waals surface area contributed by atoms with Crippen molar-refractivity contribution >= 4 is 17.9 Å². The zero-order valence-electron chi connectivity index (χ0n) is 36.6. The molecule has 15 nitrogen and oxygen atoms in total. The summed E-state index contributed by atoms with van der Waals surface area (Å²) in [6, 6.07) is 6.14. The Morgan fingerprint density at radius 2 is 1.07 bits per heavy atom. The van der Waals surface area contributed by atoms with Gasteiger partial charge in [-0.1, -0.05) is 12.1 Å². The van der Waals surface area contributed by atoms with E-state index in [0.29, 0.717) is 91.8 Å². The van der Waals surface area contributed by atoms with Crippen molar-refractivity contribution in [1.82, 2.24) is 20.0 Å². The molecule has 1 heterocycles. The van der Waals surface area contributed by atoms with Gasteiger partial charge in [0.25, 0.3) is 0 Å². The van der Waals surface area contributed by atoms with Crippen LogP contribution in [0.1, 0.15) is 66.9 Å². The molecule has 328 valence electrons. The maximum absolute atomic E-state index is 13.4. The van der Waals surface area contributed by atoms with Crippen molar-refractivity contribution in [2.75, 3.05) is 120 Å². The number of nitrogens with zero attached hydrogens (tertiary/aromatic N) is 3. The fourth-order valence-electron chi connectivity index (χ4n) is 6.35. The fraction of sp³-hybridized carbons (Fsp3) is 0.786. The number of benzene rings is 1. The Morgan fingerprint density at radius 1 is 0.632 bits per heavy atom. The normalized spacial score (nSPS) is 17.4. The smallest absolute Gasteiger partial charge is 0.325 e.